The van der Waals surface area contributed by atoms with Crippen LogP contribution < -0.4 is 5.32 Å². The number of hydrogen-bond donors (Lipinski definition) is 1. The highest BCUT2D eigenvalue weighted by Gasteiger charge is 2.39. The van der Waals surface area contributed by atoms with Gasteiger partial charge in [-0.2, -0.15) is 0 Å². The van der Waals surface area contributed by atoms with Crippen molar-refractivity contribution in [3.63, 3.8) is 0 Å². The SMILES string of the molecule is CCNC(Cc1ccc(C)cc1Cl)C1CCCC1(C)C. The quantitative estimate of drug-likeness (QED) is 0.806. The van der Waals surface area contributed by atoms with Gasteiger partial charge in [-0.3, -0.25) is 0 Å². The number of nitrogens with one attached hydrogen (secondary N) is 1. The fourth-order valence-electron chi connectivity index (χ4n) is 3.77. The molecule has 1 aromatic carbocycles. The molecule has 0 radical (unpaired) electrons. The van der Waals surface area contributed by atoms with Gasteiger partial charge in [0.15, 0.2) is 0 Å². The number of rotatable bonds is 5. The van der Waals surface area contributed by atoms with Crippen LogP contribution in [0.25, 0.3) is 0 Å². The molecule has 1 N–H and O–H groups in total. The molecule has 0 heterocycles. The molecule has 0 aliphatic heterocycles. The maximum Gasteiger partial charge on any atom is 0.0441 e. The molecule has 0 amide bonds. The van der Waals surface area contributed by atoms with Gasteiger partial charge in [-0.1, -0.05) is 50.9 Å². The Morgan fingerprint density at radius 1 is 1.40 bits per heavy atom. The molecule has 1 aliphatic carbocycles. The molecule has 1 fully saturated rings. The van der Waals surface area contributed by atoms with Crippen molar-refractivity contribution in [1.82, 2.24) is 5.32 Å². The van der Waals surface area contributed by atoms with Crippen molar-refractivity contribution in [3.8, 4) is 0 Å². The van der Waals surface area contributed by atoms with Crippen LogP contribution in [0.5, 0.6) is 0 Å². The van der Waals surface area contributed by atoms with Crippen molar-refractivity contribution >= 4 is 11.6 Å². The molecule has 1 aliphatic rings. The monoisotopic (exact) mass is 293 g/mol. The zero-order valence-corrected chi connectivity index (χ0v) is 14.1. The molecular formula is C18H28ClN. The highest BCUT2D eigenvalue weighted by molar-refractivity contribution is 6.31. The molecule has 0 aromatic heterocycles. The Bertz CT molecular complexity index is 453. The van der Waals surface area contributed by atoms with E-state index in [1.54, 1.807) is 0 Å². The Hall–Kier alpha value is -0.530. The molecule has 0 saturated heterocycles. The van der Waals surface area contributed by atoms with Crippen LogP contribution in [0, 0.1) is 18.3 Å². The third kappa shape index (κ3) is 3.56. The van der Waals surface area contributed by atoms with Crippen molar-refractivity contribution in [2.75, 3.05) is 6.54 Å². The normalized spacial score (nSPS) is 22.9. The third-order valence-electron chi connectivity index (χ3n) is 4.94. The van der Waals surface area contributed by atoms with E-state index in [1.165, 1.54) is 30.4 Å². The average Bonchev–Trinajstić information content (AvgIpc) is 2.71. The summed E-state index contributed by atoms with van der Waals surface area (Å²) >= 11 is 6.42. The van der Waals surface area contributed by atoms with Gasteiger partial charge in [0.2, 0.25) is 0 Å². The van der Waals surface area contributed by atoms with E-state index in [-0.39, 0.29) is 0 Å². The molecule has 2 atom stereocenters. The first-order chi connectivity index (χ1) is 9.44. The van der Waals surface area contributed by atoms with E-state index in [0.717, 1.165) is 23.9 Å². The fourth-order valence-corrected chi connectivity index (χ4v) is 4.09. The smallest absolute Gasteiger partial charge is 0.0441 e. The Labute approximate surface area is 129 Å². The number of hydrogen-bond acceptors (Lipinski definition) is 1. The van der Waals surface area contributed by atoms with E-state index in [1.807, 2.05) is 0 Å². The van der Waals surface area contributed by atoms with Crippen LogP contribution in [0.3, 0.4) is 0 Å². The van der Waals surface area contributed by atoms with Crippen LogP contribution in [0.1, 0.15) is 51.2 Å². The Morgan fingerprint density at radius 2 is 2.15 bits per heavy atom. The zero-order chi connectivity index (χ0) is 14.8. The number of halogens is 1. The van der Waals surface area contributed by atoms with E-state index >= 15 is 0 Å². The van der Waals surface area contributed by atoms with Gasteiger partial charge in [0, 0.05) is 11.1 Å². The summed E-state index contributed by atoms with van der Waals surface area (Å²) in [5.74, 6) is 0.750. The van der Waals surface area contributed by atoms with E-state index in [4.69, 9.17) is 11.6 Å². The predicted molar refractivity (Wildman–Crippen MR) is 88.5 cm³/mol. The largest absolute Gasteiger partial charge is 0.314 e. The first kappa shape index (κ1) is 15.9. The van der Waals surface area contributed by atoms with Crippen LogP contribution in [0.15, 0.2) is 18.2 Å². The summed E-state index contributed by atoms with van der Waals surface area (Å²) in [6, 6.07) is 6.99. The topological polar surface area (TPSA) is 12.0 Å². The molecule has 2 unspecified atom stereocenters. The van der Waals surface area contributed by atoms with Crippen molar-refractivity contribution < 1.29 is 0 Å². The molecule has 112 valence electrons. The van der Waals surface area contributed by atoms with Gasteiger partial charge < -0.3 is 5.32 Å². The summed E-state index contributed by atoms with van der Waals surface area (Å²) in [4.78, 5) is 0. The molecule has 2 rings (SSSR count). The van der Waals surface area contributed by atoms with Crippen molar-refractivity contribution in [2.24, 2.45) is 11.3 Å². The van der Waals surface area contributed by atoms with Gasteiger partial charge in [-0.05, 0) is 61.3 Å². The molecule has 20 heavy (non-hydrogen) atoms. The molecule has 0 bridgehead atoms. The van der Waals surface area contributed by atoms with E-state index < -0.39 is 0 Å². The number of aryl methyl sites for hydroxylation is 1. The Balaban J connectivity index is 2.17. The van der Waals surface area contributed by atoms with Crippen molar-refractivity contribution in [2.45, 2.75) is 59.4 Å². The maximum atomic E-state index is 6.42. The lowest BCUT2D eigenvalue weighted by Gasteiger charge is -2.35. The Morgan fingerprint density at radius 3 is 2.70 bits per heavy atom. The minimum atomic E-state index is 0.448. The van der Waals surface area contributed by atoms with Crippen molar-refractivity contribution in [1.29, 1.82) is 0 Å². The number of likely N-dealkylation sites (N-methyl/N-ethyl adjacent to an activating group) is 1. The standard InChI is InChI=1S/C18H28ClN/c1-5-20-17(15-7-6-10-18(15,3)4)12-14-9-8-13(2)11-16(14)19/h8-9,11,15,17,20H,5-7,10,12H2,1-4H3. The van der Waals surface area contributed by atoms with Crippen LogP contribution in [-0.4, -0.2) is 12.6 Å². The van der Waals surface area contributed by atoms with E-state index in [0.29, 0.717) is 11.5 Å². The molecule has 2 heteroatoms. The number of benzene rings is 1. The lowest BCUT2D eigenvalue weighted by Crippen LogP contribution is -2.42. The summed E-state index contributed by atoms with van der Waals surface area (Å²) in [5.41, 5.74) is 2.97. The Kier molecular flexibility index (Phi) is 5.14. The maximum absolute atomic E-state index is 6.42. The average molecular weight is 294 g/mol. The molecule has 0 spiro atoms. The van der Waals surface area contributed by atoms with Gasteiger partial charge >= 0.3 is 0 Å². The van der Waals surface area contributed by atoms with Gasteiger partial charge in [-0.15, -0.1) is 0 Å². The summed E-state index contributed by atoms with van der Waals surface area (Å²) in [6.45, 7) is 10.2. The van der Waals surface area contributed by atoms with Gasteiger partial charge in [0.25, 0.3) is 0 Å². The van der Waals surface area contributed by atoms with Crippen LogP contribution in [-0.2, 0) is 6.42 Å². The molecule has 1 aromatic rings. The molecule has 1 nitrogen and oxygen atoms in total. The van der Waals surface area contributed by atoms with E-state index in [9.17, 15) is 0 Å². The lowest BCUT2D eigenvalue weighted by atomic mass is 9.76. The van der Waals surface area contributed by atoms with Crippen LogP contribution in [0.4, 0.5) is 0 Å². The van der Waals surface area contributed by atoms with Crippen molar-refractivity contribution in [3.05, 3.63) is 34.3 Å². The second-order valence-corrected chi connectivity index (χ2v) is 7.36. The van der Waals surface area contributed by atoms with Crippen LogP contribution >= 0.6 is 11.6 Å². The van der Waals surface area contributed by atoms with Gasteiger partial charge in [0.05, 0.1) is 0 Å². The first-order valence-corrected chi connectivity index (χ1v) is 8.30. The lowest BCUT2D eigenvalue weighted by molar-refractivity contribution is 0.197. The fraction of sp³-hybridized carbons (Fsp3) is 0.667. The summed E-state index contributed by atoms with van der Waals surface area (Å²) in [6.07, 6.45) is 5.09. The highest BCUT2D eigenvalue weighted by atomic mass is 35.5. The zero-order valence-electron chi connectivity index (χ0n) is 13.3. The van der Waals surface area contributed by atoms with E-state index in [2.05, 4.69) is 51.2 Å². The highest BCUT2D eigenvalue weighted by Crippen LogP contribution is 2.45. The summed E-state index contributed by atoms with van der Waals surface area (Å²) in [7, 11) is 0. The molecular weight excluding hydrogens is 266 g/mol. The first-order valence-electron chi connectivity index (χ1n) is 7.92. The van der Waals surface area contributed by atoms with Crippen LogP contribution in [0.2, 0.25) is 5.02 Å². The second-order valence-electron chi connectivity index (χ2n) is 6.95. The third-order valence-corrected chi connectivity index (χ3v) is 5.29. The molecule has 1 saturated carbocycles. The predicted octanol–water partition coefficient (Wildman–Crippen LogP) is 5.00. The summed E-state index contributed by atoms with van der Waals surface area (Å²) in [5, 5.41) is 4.63. The minimum absolute atomic E-state index is 0.448. The van der Waals surface area contributed by atoms with Gasteiger partial charge in [0.1, 0.15) is 0 Å². The second kappa shape index (κ2) is 6.49. The van der Waals surface area contributed by atoms with Gasteiger partial charge in [-0.25, -0.2) is 0 Å². The minimum Gasteiger partial charge on any atom is -0.314 e. The summed E-state index contributed by atoms with van der Waals surface area (Å²) < 4.78 is 0.